The van der Waals surface area contributed by atoms with Crippen LogP contribution in [0.1, 0.15) is 21.5 Å². The van der Waals surface area contributed by atoms with Crippen LogP contribution < -0.4 is 4.90 Å². The summed E-state index contributed by atoms with van der Waals surface area (Å²) in [7, 11) is 0. The van der Waals surface area contributed by atoms with E-state index < -0.39 is 0 Å². The smallest absolute Gasteiger partial charge is 0.260 e. The van der Waals surface area contributed by atoms with Gasteiger partial charge in [-0.25, -0.2) is 4.98 Å². The van der Waals surface area contributed by atoms with Crippen molar-refractivity contribution in [1.29, 1.82) is 0 Å². The second kappa shape index (κ2) is 8.79. The van der Waals surface area contributed by atoms with Gasteiger partial charge in [-0.2, -0.15) is 0 Å². The first-order valence-electron chi connectivity index (χ1n) is 9.77. The molecule has 3 aromatic rings. The zero-order valence-electron chi connectivity index (χ0n) is 16.7. The fourth-order valence-corrected chi connectivity index (χ4v) is 4.69. The minimum absolute atomic E-state index is 0.0310. The quantitative estimate of drug-likeness (QED) is 0.597. The number of hydrogen-bond donors (Lipinski definition) is 0. The van der Waals surface area contributed by atoms with E-state index in [4.69, 9.17) is 21.3 Å². The number of carbonyl (C=O) groups excluding carboxylic acids is 1. The summed E-state index contributed by atoms with van der Waals surface area (Å²) in [5, 5.41) is 1.29. The standard InChI is InChI=1S/C22H24ClN3O2S/c1-15-6-7-17(14-16(15)2)21(27)26(9-8-25-10-12-28-13-11-25)22-24-20-18(23)4-3-5-19(20)29-22/h3-7,14H,8-13H2,1-2H3. The number of rotatable bonds is 5. The third-order valence-electron chi connectivity index (χ3n) is 5.33. The zero-order chi connectivity index (χ0) is 20.4. The number of nitrogens with zero attached hydrogens (tertiary/aromatic N) is 3. The molecule has 7 heteroatoms. The average molecular weight is 430 g/mol. The zero-order valence-corrected chi connectivity index (χ0v) is 18.2. The SMILES string of the molecule is Cc1ccc(C(=O)N(CCN2CCOCC2)c2nc3c(Cl)cccc3s2)cc1C. The molecule has 1 aliphatic rings. The molecule has 0 unspecified atom stereocenters. The molecule has 152 valence electrons. The van der Waals surface area contributed by atoms with Crippen molar-refractivity contribution in [3.8, 4) is 0 Å². The molecule has 2 heterocycles. The lowest BCUT2D eigenvalue weighted by Crippen LogP contribution is -2.43. The van der Waals surface area contributed by atoms with Gasteiger partial charge in [0, 0.05) is 31.7 Å². The number of ether oxygens (including phenoxy) is 1. The Kier molecular flexibility index (Phi) is 6.15. The van der Waals surface area contributed by atoms with Gasteiger partial charge in [0.15, 0.2) is 5.13 Å². The molecule has 1 aromatic heterocycles. The van der Waals surface area contributed by atoms with Crippen LogP contribution >= 0.6 is 22.9 Å². The van der Waals surface area contributed by atoms with Crippen molar-refractivity contribution < 1.29 is 9.53 Å². The molecular formula is C22H24ClN3O2S. The van der Waals surface area contributed by atoms with Crippen molar-refractivity contribution in [2.75, 3.05) is 44.3 Å². The van der Waals surface area contributed by atoms with E-state index in [9.17, 15) is 4.79 Å². The second-order valence-corrected chi connectivity index (χ2v) is 8.71. The maximum absolute atomic E-state index is 13.5. The number of benzene rings is 2. The molecule has 5 nitrogen and oxygen atoms in total. The second-order valence-electron chi connectivity index (χ2n) is 7.29. The largest absolute Gasteiger partial charge is 0.379 e. The van der Waals surface area contributed by atoms with Crippen LogP contribution in [0.5, 0.6) is 0 Å². The maximum atomic E-state index is 13.5. The Hall–Kier alpha value is -1.99. The van der Waals surface area contributed by atoms with Crippen LogP contribution in [0.4, 0.5) is 5.13 Å². The first-order valence-corrected chi connectivity index (χ1v) is 11.0. The van der Waals surface area contributed by atoms with Gasteiger partial charge >= 0.3 is 0 Å². The van der Waals surface area contributed by atoms with E-state index in [1.165, 1.54) is 16.9 Å². The summed E-state index contributed by atoms with van der Waals surface area (Å²) in [6.45, 7) is 8.68. The van der Waals surface area contributed by atoms with E-state index in [0.717, 1.165) is 48.6 Å². The minimum Gasteiger partial charge on any atom is -0.379 e. The van der Waals surface area contributed by atoms with Crippen molar-refractivity contribution in [2.24, 2.45) is 0 Å². The van der Waals surface area contributed by atoms with Crippen molar-refractivity contribution >= 4 is 44.2 Å². The van der Waals surface area contributed by atoms with Crippen LogP contribution in [0.2, 0.25) is 5.02 Å². The summed E-state index contributed by atoms with van der Waals surface area (Å²) in [4.78, 5) is 22.3. The van der Waals surface area contributed by atoms with Gasteiger partial charge < -0.3 is 4.74 Å². The Morgan fingerprint density at radius 2 is 2.00 bits per heavy atom. The highest BCUT2D eigenvalue weighted by Crippen LogP contribution is 2.33. The summed E-state index contributed by atoms with van der Waals surface area (Å²) < 4.78 is 6.42. The predicted octanol–water partition coefficient (Wildman–Crippen LogP) is 4.55. The Balaban J connectivity index is 1.66. The number of amides is 1. The molecule has 0 saturated carbocycles. The molecule has 1 fully saturated rings. The summed E-state index contributed by atoms with van der Waals surface area (Å²) in [6, 6.07) is 11.6. The number of para-hydroxylation sites is 1. The summed E-state index contributed by atoms with van der Waals surface area (Å²) >= 11 is 7.83. The first-order chi connectivity index (χ1) is 14.0. The highest BCUT2D eigenvalue weighted by atomic mass is 35.5. The van der Waals surface area contributed by atoms with Gasteiger partial charge in [-0.05, 0) is 49.2 Å². The van der Waals surface area contributed by atoms with E-state index in [2.05, 4.69) is 11.8 Å². The third kappa shape index (κ3) is 4.46. The van der Waals surface area contributed by atoms with Gasteiger partial charge in [-0.1, -0.05) is 35.1 Å². The van der Waals surface area contributed by atoms with Crippen LogP contribution in [0.3, 0.4) is 0 Å². The number of fused-ring (bicyclic) bond motifs is 1. The number of morpholine rings is 1. The Bertz CT molecular complexity index is 1030. The Labute approximate surface area is 179 Å². The predicted molar refractivity (Wildman–Crippen MR) is 119 cm³/mol. The van der Waals surface area contributed by atoms with Crippen LogP contribution in [-0.2, 0) is 4.74 Å². The topological polar surface area (TPSA) is 45.7 Å². The molecule has 0 N–H and O–H groups in total. The fourth-order valence-electron chi connectivity index (χ4n) is 3.40. The van der Waals surface area contributed by atoms with Gasteiger partial charge in [0.25, 0.3) is 5.91 Å². The molecule has 1 saturated heterocycles. The first kappa shape index (κ1) is 20.3. The van der Waals surface area contributed by atoms with Gasteiger partial charge in [-0.15, -0.1) is 0 Å². The molecule has 0 bridgehead atoms. The van der Waals surface area contributed by atoms with Crippen molar-refractivity contribution in [3.63, 3.8) is 0 Å². The molecule has 4 rings (SSSR count). The number of aryl methyl sites for hydroxylation is 2. The fraction of sp³-hybridized carbons (Fsp3) is 0.364. The van der Waals surface area contributed by atoms with E-state index in [1.807, 2.05) is 43.3 Å². The van der Waals surface area contributed by atoms with Crippen LogP contribution in [0, 0.1) is 13.8 Å². The van der Waals surface area contributed by atoms with E-state index in [0.29, 0.717) is 22.3 Å². The number of aromatic nitrogens is 1. The Morgan fingerprint density at radius 3 is 2.72 bits per heavy atom. The van der Waals surface area contributed by atoms with Gasteiger partial charge in [0.1, 0.15) is 5.52 Å². The highest BCUT2D eigenvalue weighted by Gasteiger charge is 2.23. The van der Waals surface area contributed by atoms with Crippen LogP contribution in [-0.4, -0.2) is 55.2 Å². The summed E-state index contributed by atoms with van der Waals surface area (Å²) in [5.41, 5.74) is 3.71. The minimum atomic E-state index is -0.0310. The lowest BCUT2D eigenvalue weighted by atomic mass is 10.1. The van der Waals surface area contributed by atoms with E-state index >= 15 is 0 Å². The summed E-state index contributed by atoms with van der Waals surface area (Å²) in [6.07, 6.45) is 0. The van der Waals surface area contributed by atoms with Crippen molar-refractivity contribution in [2.45, 2.75) is 13.8 Å². The number of carbonyl (C=O) groups is 1. The number of anilines is 1. The molecule has 0 radical (unpaired) electrons. The normalized spacial score (nSPS) is 15.0. The molecule has 2 aromatic carbocycles. The number of halogens is 1. The number of hydrogen-bond acceptors (Lipinski definition) is 5. The monoisotopic (exact) mass is 429 g/mol. The average Bonchev–Trinajstić information content (AvgIpc) is 3.16. The van der Waals surface area contributed by atoms with Gasteiger partial charge in [0.05, 0.1) is 22.9 Å². The third-order valence-corrected chi connectivity index (χ3v) is 6.68. The van der Waals surface area contributed by atoms with Gasteiger partial charge in [-0.3, -0.25) is 14.6 Å². The van der Waals surface area contributed by atoms with E-state index in [1.54, 1.807) is 4.90 Å². The van der Waals surface area contributed by atoms with Crippen molar-refractivity contribution in [3.05, 3.63) is 58.1 Å². The Morgan fingerprint density at radius 1 is 1.21 bits per heavy atom. The molecule has 0 atom stereocenters. The molecule has 29 heavy (non-hydrogen) atoms. The molecular weight excluding hydrogens is 406 g/mol. The maximum Gasteiger partial charge on any atom is 0.260 e. The van der Waals surface area contributed by atoms with Crippen LogP contribution in [0.15, 0.2) is 36.4 Å². The molecule has 1 amide bonds. The summed E-state index contributed by atoms with van der Waals surface area (Å²) in [5.74, 6) is -0.0310. The molecule has 1 aliphatic heterocycles. The van der Waals surface area contributed by atoms with Gasteiger partial charge in [0.2, 0.25) is 0 Å². The van der Waals surface area contributed by atoms with E-state index in [-0.39, 0.29) is 5.91 Å². The highest BCUT2D eigenvalue weighted by molar-refractivity contribution is 7.22. The number of thiazole rings is 1. The molecule has 0 spiro atoms. The lowest BCUT2D eigenvalue weighted by Gasteiger charge is -2.29. The van der Waals surface area contributed by atoms with Crippen molar-refractivity contribution in [1.82, 2.24) is 9.88 Å². The lowest BCUT2D eigenvalue weighted by molar-refractivity contribution is 0.0391. The van der Waals surface area contributed by atoms with Crippen LogP contribution in [0.25, 0.3) is 10.2 Å². The molecule has 0 aliphatic carbocycles.